The standard InChI is InChI=1S/C17H13BrFNO/c18-14-4-2-1-3-11(14)5-8-17(21)16-10-12-9-13(19)6-7-15(12)20-16/h1-4,6-7,9-10,20H,5,8H2. The summed E-state index contributed by atoms with van der Waals surface area (Å²) in [4.78, 5) is 15.3. The fourth-order valence-corrected chi connectivity index (χ4v) is 2.82. The Bertz CT molecular complexity index is 809. The van der Waals surface area contributed by atoms with E-state index in [4.69, 9.17) is 0 Å². The minimum Gasteiger partial charge on any atom is -0.352 e. The van der Waals surface area contributed by atoms with Crippen molar-refractivity contribution in [2.75, 3.05) is 0 Å². The summed E-state index contributed by atoms with van der Waals surface area (Å²) in [6.45, 7) is 0. The molecule has 0 saturated carbocycles. The van der Waals surface area contributed by atoms with Crippen LogP contribution in [0.2, 0.25) is 0 Å². The van der Waals surface area contributed by atoms with Gasteiger partial charge in [0.2, 0.25) is 0 Å². The lowest BCUT2D eigenvalue weighted by atomic mass is 10.1. The van der Waals surface area contributed by atoms with Crippen molar-refractivity contribution in [2.45, 2.75) is 12.8 Å². The van der Waals surface area contributed by atoms with E-state index in [9.17, 15) is 9.18 Å². The molecular formula is C17H13BrFNO. The Labute approximate surface area is 130 Å². The third-order valence-corrected chi connectivity index (χ3v) is 4.24. The zero-order valence-electron chi connectivity index (χ0n) is 11.2. The van der Waals surface area contributed by atoms with E-state index in [2.05, 4.69) is 20.9 Å². The van der Waals surface area contributed by atoms with Crippen molar-refractivity contribution >= 4 is 32.6 Å². The van der Waals surface area contributed by atoms with E-state index in [0.717, 1.165) is 20.9 Å². The SMILES string of the molecule is O=C(CCc1ccccc1Br)c1cc2cc(F)ccc2[nH]1. The second-order valence-corrected chi connectivity index (χ2v) is 5.78. The zero-order valence-corrected chi connectivity index (χ0v) is 12.8. The number of nitrogens with one attached hydrogen (secondary N) is 1. The summed E-state index contributed by atoms with van der Waals surface area (Å²) < 4.78 is 14.2. The lowest BCUT2D eigenvalue weighted by molar-refractivity contribution is 0.0979. The molecule has 0 bridgehead atoms. The monoisotopic (exact) mass is 345 g/mol. The van der Waals surface area contributed by atoms with Crippen LogP contribution in [0.25, 0.3) is 10.9 Å². The maximum Gasteiger partial charge on any atom is 0.179 e. The van der Waals surface area contributed by atoms with Gasteiger partial charge in [-0.05, 0) is 42.3 Å². The van der Waals surface area contributed by atoms with Crippen LogP contribution in [0.3, 0.4) is 0 Å². The van der Waals surface area contributed by atoms with Gasteiger partial charge in [0.15, 0.2) is 5.78 Å². The van der Waals surface area contributed by atoms with Crippen molar-refractivity contribution in [1.82, 2.24) is 4.98 Å². The summed E-state index contributed by atoms with van der Waals surface area (Å²) in [5.41, 5.74) is 2.41. The quantitative estimate of drug-likeness (QED) is 0.671. The molecule has 0 fully saturated rings. The summed E-state index contributed by atoms with van der Waals surface area (Å²) in [6.07, 6.45) is 1.09. The first-order valence-corrected chi connectivity index (χ1v) is 7.47. The maximum atomic E-state index is 13.2. The summed E-state index contributed by atoms with van der Waals surface area (Å²) >= 11 is 3.48. The predicted molar refractivity (Wildman–Crippen MR) is 85.1 cm³/mol. The van der Waals surface area contributed by atoms with Crippen molar-refractivity contribution in [2.24, 2.45) is 0 Å². The second-order valence-electron chi connectivity index (χ2n) is 4.93. The molecule has 0 spiro atoms. The van der Waals surface area contributed by atoms with Crippen molar-refractivity contribution in [3.8, 4) is 0 Å². The Morgan fingerprint density at radius 1 is 1.14 bits per heavy atom. The first-order chi connectivity index (χ1) is 10.1. The molecule has 1 N–H and O–H groups in total. The summed E-state index contributed by atoms with van der Waals surface area (Å²) in [6, 6.07) is 14.0. The molecule has 2 aromatic carbocycles. The van der Waals surface area contributed by atoms with Gasteiger partial charge in [0.1, 0.15) is 5.82 Å². The van der Waals surface area contributed by atoms with E-state index in [-0.39, 0.29) is 11.6 Å². The van der Waals surface area contributed by atoms with Crippen LogP contribution >= 0.6 is 15.9 Å². The van der Waals surface area contributed by atoms with Gasteiger partial charge in [-0.25, -0.2) is 4.39 Å². The van der Waals surface area contributed by atoms with Crippen LogP contribution in [0.5, 0.6) is 0 Å². The van der Waals surface area contributed by atoms with Gasteiger partial charge in [-0.1, -0.05) is 34.1 Å². The third-order valence-electron chi connectivity index (χ3n) is 3.46. The normalized spacial score (nSPS) is 11.0. The molecule has 21 heavy (non-hydrogen) atoms. The molecule has 0 unspecified atom stereocenters. The van der Waals surface area contributed by atoms with E-state index in [1.54, 1.807) is 12.1 Å². The Morgan fingerprint density at radius 3 is 2.76 bits per heavy atom. The summed E-state index contributed by atoms with van der Waals surface area (Å²) in [5.74, 6) is -0.268. The molecule has 2 nitrogen and oxygen atoms in total. The summed E-state index contributed by atoms with van der Waals surface area (Å²) in [7, 11) is 0. The number of aromatic amines is 1. The van der Waals surface area contributed by atoms with Crippen LogP contribution in [0.1, 0.15) is 22.5 Å². The first kappa shape index (κ1) is 14.0. The number of carbonyl (C=O) groups excluding carboxylic acids is 1. The topological polar surface area (TPSA) is 32.9 Å². The molecule has 3 rings (SSSR count). The number of hydrogen-bond donors (Lipinski definition) is 1. The number of benzene rings is 2. The molecule has 0 aliphatic rings. The number of hydrogen-bond acceptors (Lipinski definition) is 1. The van der Waals surface area contributed by atoms with Crippen molar-refractivity contribution in [3.05, 3.63) is 70.1 Å². The Balaban J connectivity index is 1.76. The van der Waals surface area contributed by atoms with Gasteiger partial charge in [-0.3, -0.25) is 4.79 Å². The van der Waals surface area contributed by atoms with Gasteiger partial charge in [0, 0.05) is 21.8 Å². The number of Topliss-reactive ketones (excluding diaryl/α,β-unsaturated/α-hetero) is 1. The Morgan fingerprint density at radius 2 is 1.95 bits per heavy atom. The number of carbonyl (C=O) groups is 1. The average Bonchev–Trinajstić information content (AvgIpc) is 2.89. The first-order valence-electron chi connectivity index (χ1n) is 6.68. The molecule has 1 aromatic heterocycles. The number of aryl methyl sites for hydroxylation is 1. The minimum absolute atomic E-state index is 0.0300. The predicted octanol–water partition coefficient (Wildman–Crippen LogP) is 4.89. The van der Waals surface area contributed by atoms with Crippen LogP contribution in [0.4, 0.5) is 4.39 Å². The largest absolute Gasteiger partial charge is 0.352 e. The number of halogens is 2. The lowest BCUT2D eigenvalue weighted by Crippen LogP contribution is -2.01. The highest BCUT2D eigenvalue weighted by molar-refractivity contribution is 9.10. The zero-order chi connectivity index (χ0) is 14.8. The second kappa shape index (κ2) is 5.82. The fraction of sp³-hybridized carbons (Fsp3) is 0.118. The Kier molecular flexibility index (Phi) is 3.88. The lowest BCUT2D eigenvalue weighted by Gasteiger charge is -2.02. The molecule has 0 aliphatic carbocycles. The van der Waals surface area contributed by atoms with Crippen molar-refractivity contribution < 1.29 is 9.18 Å². The van der Waals surface area contributed by atoms with Gasteiger partial charge < -0.3 is 4.98 Å². The highest BCUT2D eigenvalue weighted by atomic mass is 79.9. The Hall–Kier alpha value is -1.94. The van der Waals surface area contributed by atoms with Crippen LogP contribution < -0.4 is 0 Å². The van der Waals surface area contributed by atoms with E-state index in [0.29, 0.717) is 18.5 Å². The van der Waals surface area contributed by atoms with Gasteiger partial charge in [-0.2, -0.15) is 0 Å². The van der Waals surface area contributed by atoms with Gasteiger partial charge >= 0.3 is 0 Å². The molecule has 0 atom stereocenters. The minimum atomic E-state index is -0.297. The highest BCUT2D eigenvalue weighted by Crippen LogP contribution is 2.20. The molecule has 1 heterocycles. The van der Waals surface area contributed by atoms with Gasteiger partial charge in [0.25, 0.3) is 0 Å². The molecule has 0 amide bonds. The number of H-pyrrole nitrogens is 1. The maximum absolute atomic E-state index is 13.2. The van der Waals surface area contributed by atoms with Crippen LogP contribution in [-0.2, 0) is 6.42 Å². The number of aromatic nitrogens is 1. The molecule has 106 valence electrons. The molecular weight excluding hydrogens is 333 g/mol. The van der Waals surface area contributed by atoms with E-state index < -0.39 is 0 Å². The highest BCUT2D eigenvalue weighted by Gasteiger charge is 2.11. The van der Waals surface area contributed by atoms with Crippen LogP contribution in [0.15, 0.2) is 53.0 Å². The molecule has 4 heteroatoms. The van der Waals surface area contributed by atoms with Gasteiger partial charge in [-0.15, -0.1) is 0 Å². The fourth-order valence-electron chi connectivity index (χ4n) is 2.34. The molecule has 0 radical (unpaired) electrons. The van der Waals surface area contributed by atoms with E-state index in [1.165, 1.54) is 12.1 Å². The van der Waals surface area contributed by atoms with E-state index >= 15 is 0 Å². The third kappa shape index (κ3) is 3.05. The van der Waals surface area contributed by atoms with Crippen molar-refractivity contribution in [3.63, 3.8) is 0 Å². The molecule has 0 saturated heterocycles. The number of fused-ring (bicyclic) bond motifs is 1. The average molecular weight is 346 g/mol. The molecule has 0 aliphatic heterocycles. The van der Waals surface area contributed by atoms with Gasteiger partial charge in [0.05, 0.1) is 5.69 Å². The molecule has 3 aromatic rings. The summed E-state index contributed by atoms with van der Waals surface area (Å²) in [5, 5.41) is 0.722. The van der Waals surface area contributed by atoms with Crippen LogP contribution in [0, 0.1) is 5.82 Å². The van der Waals surface area contributed by atoms with E-state index in [1.807, 2.05) is 24.3 Å². The number of rotatable bonds is 4. The van der Waals surface area contributed by atoms with Crippen LogP contribution in [-0.4, -0.2) is 10.8 Å². The smallest absolute Gasteiger partial charge is 0.179 e. The van der Waals surface area contributed by atoms with Crippen molar-refractivity contribution in [1.29, 1.82) is 0 Å². The number of ketones is 1.